The fourth-order valence-electron chi connectivity index (χ4n) is 6.20. The molecule has 39 heavy (non-hydrogen) atoms. The molecule has 2 fully saturated rings. The molecule has 0 saturated carbocycles. The molecule has 7 nitrogen and oxygen atoms in total. The molecule has 0 unspecified atom stereocenters. The summed E-state index contributed by atoms with van der Waals surface area (Å²) in [5.41, 5.74) is 2.79. The number of hydrogen-bond donors (Lipinski definition) is 0. The molecule has 0 aromatic heterocycles. The van der Waals surface area contributed by atoms with Crippen LogP contribution in [-0.2, 0) is 28.5 Å². The minimum atomic E-state index is -0.818. The van der Waals surface area contributed by atoms with E-state index in [1.165, 1.54) is 14.2 Å². The average molecular weight is 530 g/mol. The van der Waals surface area contributed by atoms with Crippen LogP contribution in [0.15, 0.2) is 91.0 Å². The van der Waals surface area contributed by atoms with Gasteiger partial charge in [-0.05, 0) is 30.5 Å². The number of likely N-dealkylation sites (tertiary alicyclic amines) is 1. The number of esters is 2. The van der Waals surface area contributed by atoms with Gasteiger partial charge in [0, 0.05) is 0 Å². The monoisotopic (exact) mass is 529 g/mol. The number of carbonyl (C=O) groups is 2. The fourth-order valence-corrected chi connectivity index (χ4v) is 6.20. The van der Waals surface area contributed by atoms with Gasteiger partial charge in [0.15, 0.2) is 5.79 Å². The highest BCUT2D eigenvalue weighted by Crippen LogP contribution is 2.56. The summed E-state index contributed by atoms with van der Waals surface area (Å²) >= 11 is 0. The van der Waals surface area contributed by atoms with Gasteiger partial charge in [0.2, 0.25) is 0 Å². The molecule has 2 saturated heterocycles. The quantitative estimate of drug-likeness (QED) is 0.404. The zero-order valence-electron chi connectivity index (χ0n) is 22.7. The van der Waals surface area contributed by atoms with E-state index in [9.17, 15) is 9.59 Å². The Hall–Kier alpha value is -3.52. The Morgan fingerprint density at radius 2 is 1.13 bits per heavy atom. The van der Waals surface area contributed by atoms with Crippen molar-refractivity contribution in [1.82, 2.24) is 4.90 Å². The van der Waals surface area contributed by atoms with Gasteiger partial charge in [-0.25, -0.2) is 0 Å². The summed E-state index contributed by atoms with van der Waals surface area (Å²) in [6, 6.07) is 28.3. The third-order valence-electron chi connectivity index (χ3n) is 7.81. The first-order valence-corrected chi connectivity index (χ1v) is 13.3. The van der Waals surface area contributed by atoms with E-state index < -0.39 is 41.6 Å². The maximum Gasteiger partial charge on any atom is 0.311 e. The summed E-state index contributed by atoms with van der Waals surface area (Å²) in [6.07, 6.45) is -0.387. The van der Waals surface area contributed by atoms with Crippen LogP contribution in [0, 0.1) is 11.8 Å². The molecule has 6 atom stereocenters. The lowest BCUT2D eigenvalue weighted by Crippen LogP contribution is -2.53. The van der Waals surface area contributed by atoms with Gasteiger partial charge in [-0.2, -0.15) is 0 Å². The van der Waals surface area contributed by atoms with E-state index in [1.54, 1.807) is 0 Å². The van der Waals surface area contributed by atoms with E-state index in [1.807, 2.05) is 105 Å². The van der Waals surface area contributed by atoms with Crippen molar-refractivity contribution in [3.63, 3.8) is 0 Å². The van der Waals surface area contributed by atoms with Gasteiger partial charge < -0.3 is 18.9 Å². The predicted molar refractivity (Wildman–Crippen MR) is 145 cm³/mol. The first-order valence-electron chi connectivity index (χ1n) is 13.3. The Morgan fingerprint density at radius 1 is 0.718 bits per heavy atom. The third kappa shape index (κ3) is 5.22. The largest absolute Gasteiger partial charge is 0.469 e. The smallest absolute Gasteiger partial charge is 0.311 e. The number of carbonyl (C=O) groups excluding carboxylic acids is 2. The third-order valence-corrected chi connectivity index (χ3v) is 7.81. The summed E-state index contributed by atoms with van der Waals surface area (Å²) in [7, 11) is 2.72. The molecular formula is C32H35NO6. The van der Waals surface area contributed by atoms with E-state index >= 15 is 0 Å². The van der Waals surface area contributed by atoms with Crippen molar-refractivity contribution < 1.29 is 28.5 Å². The zero-order valence-corrected chi connectivity index (χ0v) is 22.7. The maximum absolute atomic E-state index is 13.6. The number of nitrogens with zero attached hydrogens (tertiary/aromatic N) is 1. The topological polar surface area (TPSA) is 74.3 Å². The van der Waals surface area contributed by atoms with Crippen molar-refractivity contribution in [2.75, 3.05) is 20.8 Å². The Labute approximate surface area is 229 Å². The fraction of sp³-hybridized carbons (Fsp3) is 0.375. The highest BCUT2D eigenvalue weighted by molar-refractivity contribution is 5.84. The van der Waals surface area contributed by atoms with Crippen LogP contribution < -0.4 is 0 Å². The Kier molecular flexibility index (Phi) is 7.84. The second-order valence-corrected chi connectivity index (χ2v) is 10.5. The van der Waals surface area contributed by atoms with Crippen LogP contribution in [0.3, 0.4) is 0 Å². The second kappa shape index (κ2) is 11.3. The normalized spacial score (nSPS) is 28.5. The van der Waals surface area contributed by atoms with Crippen molar-refractivity contribution in [3.8, 4) is 0 Å². The van der Waals surface area contributed by atoms with Crippen molar-refractivity contribution >= 4 is 11.9 Å². The average Bonchev–Trinajstić information content (AvgIpc) is 3.33. The van der Waals surface area contributed by atoms with Crippen LogP contribution in [0.4, 0.5) is 0 Å². The van der Waals surface area contributed by atoms with Crippen LogP contribution in [0.1, 0.15) is 48.7 Å². The second-order valence-electron chi connectivity index (χ2n) is 10.5. The molecule has 5 rings (SSSR count). The lowest BCUT2D eigenvalue weighted by Gasteiger charge is -2.48. The minimum Gasteiger partial charge on any atom is -0.469 e. The van der Waals surface area contributed by atoms with Gasteiger partial charge in [0.25, 0.3) is 0 Å². The highest BCUT2D eigenvalue weighted by Gasteiger charge is 2.60. The lowest BCUT2D eigenvalue weighted by molar-refractivity contribution is -0.300. The molecule has 0 bridgehead atoms. The molecule has 7 heteroatoms. The van der Waals surface area contributed by atoms with Crippen molar-refractivity contribution in [2.45, 2.75) is 43.9 Å². The van der Waals surface area contributed by atoms with Crippen molar-refractivity contribution in [1.29, 1.82) is 0 Å². The molecule has 3 aromatic rings. The SMILES string of the molecule is COC(=O)[C@@H]1[C@@H](C(=O)OC)[C@@H](c2ccccc2)N([C@H]2COC(C)(C)O[C@H]2c2ccccc2)[C@@H]1c1ccccc1. The molecule has 0 spiro atoms. The van der Waals surface area contributed by atoms with Gasteiger partial charge in [0.05, 0.1) is 50.8 Å². The Bertz CT molecular complexity index is 1200. The number of ether oxygens (including phenoxy) is 4. The van der Waals surface area contributed by atoms with Crippen molar-refractivity contribution in [3.05, 3.63) is 108 Å². The summed E-state index contributed by atoms with van der Waals surface area (Å²) < 4.78 is 23.5. The molecule has 2 aliphatic rings. The molecule has 2 aliphatic heterocycles. The molecular weight excluding hydrogens is 494 g/mol. The van der Waals surface area contributed by atoms with Crippen LogP contribution >= 0.6 is 0 Å². The van der Waals surface area contributed by atoms with E-state index in [2.05, 4.69) is 4.90 Å². The van der Waals surface area contributed by atoms with E-state index in [4.69, 9.17) is 18.9 Å². The van der Waals surface area contributed by atoms with E-state index in [0.717, 1.165) is 16.7 Å². The van der Waals surface area contributed by atoms with Gasteiger partial charge in [0.1, 0.15) is 6.10 Å². The molecule has 3 aromatic carbocycles. The van der Waals surface area contributed by atoms with Gasteiger partial charge in [-0.1, -0.05) is 91.0 Å². The molecule has 0 amide bonds. The first kappa shape index (κ1) is 27.1. The number of rotatable bonds is 6. The number of benzene rings is 3. The zero-order chi connectivity index (χ0) is 27.6. The van der Waals surface area contributed by atoms with Crippen LogP contribution in [0.2, 0.25) is 0 Å². The van der Waals surface area contributed by atoms with Crippen LogP contribution in [0.25, 0.3) is 0 Å². The first-order chi connectivity index (χ1) is 18.9. The van der Waals surface area contributed by atoms with E-state index in [-0.39, 0.29) is 12.1 Å². The van der Waals surface area contributed by atoms with Gasteiger partial charge in [-0.15, -0.1) is 0 Å². The summed E-state index contributed by atoms with van der Waals surface area (Å²) in [4.78, 5) is 29.4. The van der Waals surface area contributed by atoms with Crippen LogP contribution in [0.5, 0.6) is 0 Å². The van der Waals surface area contributed by atoms with Crippen molar-refractivity contribution in [2.24, 2.45) is 11.8 Å². The number of methoxy groups -OCH3 is 2. The summed E-state index contributed by atoms with van der Waals surface area (Å²) in [5, 5.41) is 0. The molecule has 0 radical (unpaired) electrons. The van der Waals surface area contributed by atoms with Gasteiger partial charge in [-0.3, -0.25) is 14.5 Å². The standard InChI is InChI=1S/C32H35NO6/c1-32(2)38-20-24(29(39-32)23-18-12-7-13-19-23)33-27(21-14-8-5-9-15-21)25(30(34)36-3)26(31(35)37-4)28(33)22-16-10-6-11-17-22/h5-19,24-29H,20H2,1-4H3/t24-,25+,26+,27+,28+,29-/m0/s1. The molecule has 204 valence electrons. The maximum atomic E-state index is 13.6. The van der Waals surface area contributed by atoms with Crippen LogP contribution in [-0.4, -0.2) is 49.5 Å². The highest BCUT2D eigenvalue weighted by atomic mass is 16.7. The van der Waals surface area contributed by atoms with E-state index in [0.29, 0.717) is 6.61 Å². The lowest BCUT2D eigenvalue weighted by atomic mass is 9.82. The number of hydrogen-bond acceptors (Lipinski definition) is 7. The Morgan fingerprint density at radius 3 is 1.54 bits per heavy atom. The molecule has 0 N–H and O–H groups in total. The summed E-state index contributed by atoms with van der Waals surface area (Å²) in [6.45, 7) is 4.14. The predicted octanol–water partition coefficient (Wildman–Crippen LogP) is 5.26. The van der Waals surface area contributed by atoms with Gasteiger partial charge >= 0.3 is 11.9 Å². The molecule has 2 heterocycles. The molecule has 0 aliphatic carbocycles. The minimum absolute atomic E-state index is 0.334. The summed E-state index contributed by atoms with van der Waals surface area (Å²) in [5.74, 6) is -3.37. The Balaban J connectivity index is 1.75.